The molecule has 4 heteroatoms. The normalized spacial score (nSPS) is 24.2. The summed E-state index contributed by atoms with van der Waals surface area (Å²) in [5.74, 6) is 1.69. The van der Waals surface area contributed by atoms with E-state index in [1.165, 1.54) is 0 Å². The standard InChI is InChI=1S/C14H19NO3/c1-14(2)17-12-4-3-11(7-13(12)18-14)15-8-10-5-6-16-9-10/h3-4,7,10,15H,5-6,8-9H2,1-2H3. The summed E-state index contributed by atoms with van der Waals surface area (Å²) in [4.78, 5) is 0. The molecule has 98 valence electrons. The molecule has 0 amide bonds. The minimum absolute atomic E-state index is 0.555. The number of hydrogen-bond acceptors (Lipinski definition) is 4. The Morgan fingerprint density at radius 2 is 2.11 bits per heavy atom. The number of fused-ring (bicyclic) bond motifs is 1. The van der Waals surface area contributed by atoms with E-state index in [-0.39, 0.29) is 0 Å². The lowest BCUT2D eigenvalue weighted by Crippen LogP contribution is -2.29. The van der Waals surface area contributed by atoms with Gasteiger partial charge in [0.1, 0.15) is 0 Å². The van der Waals surface area contributed by atoms with E-state index in [1.807, 2.05) is 32.0 Å². The van der Waals surface area contributed by atoms with Crippen molar-refractivity contribution < 1.29 is 14.2 Å². The first kappa shape index (κ1) is 11.7. The van der Waals surface area contributed by atoms with E-state index in [2.05, 4.69) is 5.32 Å². The van der Waals surface area contributed by atoms with Gasteiger partial charge in [0.15, 0.2) is 11.5 Å². The molecule has 2 aliphatic rings. The van der Waals surface area contributed by atoms with E-state index in [1.54, 1.807) is 0 Å². The predicted molar refractivity (Wildman–Crippen MR) is 69.2 cm³/mol. The second-order valence-electron chi connectivity index (χ2n) is 5.38. The molecule has 3 rings (SSSR count). The van der Waals surface area contributed by atoms with Crippen molar-refractivity contribution in [3.05, 3.63) is 18.2 Å². The first-order valence-corrected chi connectivity index (χ1v) is 6.46. The molecule has 4 nitrogen and oxygen atoms in total. The fraction of sp³-hybridized carbons (Fsp3) is 0.571. The van der Waals surface area contributed by atoms with Crippen LogP contribution in [0.2, 0.25) is 0 Å². The Bertz CT molecular complexity index is 439. The highest BCUT2D eigenvalue weighted by atomic mass is 16.7. The molecule has 18 heavy (non-hydrogen) atoms. The van der Waals surface area contributed by atoms with Crippen LogP contribution in [0.25, 0.3) is 0 Å². The number of nitrogens with one attached hydrogen (secondary N) is 1. The fourth-order valence-electron chi connectivity index (χ4n) is 2.34. The summed E-state index contributed by atoms with van der Waals surface area (Å²) < 4.78 is 16.7. The van der Waals surface area contributed by atoms with Gasteiger partial charge in [0.05, 0.1) is 6.61 Å². The zero-order valence-electron chi connectivity index (χ0n) is 10.9. The van der Waals surface area contributed by atoms with Crippen LogP contribution in [0.4, 0.5) is 5.69 Å². The van der Waals surface area contributed by atoms with Gasteiger partial charge in [-0.25, -0.2) is 0 Å². The van der Waals surface area contributed by atoms with Gasteiger partial charge in [-0.15, -0.1) is 0 Å². The summed E-state index contributed by atoms with van der Waals surface area (Å²) in [7, 11) is 0. The number of ether oxygens (including phenoxy) is 3. The van der Waals surface area contributed by atoms with Gasteiger partial charge in [-0.3, -0.25) is 0 Å². The highest BCUT2D eigenvalue weighted by Gasteiger charge is 2.31. The molecule has 0 bridgehead atoms. The van der Waals surface area contributed by atoms with Crippen molar-refractivity contribution in [3.8, 4) is 11.5 Å². The van der Waals surface area contributed by atoms with Crippen molar-refractivity contribution in [1.29, 1.82) is 0 Å². The van der Waals surface area contributed by atoms with Gasteiger partial charge in [-0.1, -0.05) is 0 Å². The third-order valence-corrected chi connectivity index (χ3v) is 3.27. The van der Waals surface area contributed by atoms with Gasteiger partial charge in [-0.2, -0.15) is 0 Å². The van der Waals surface area contributed by atoms with Crippen LogP contribution >= 0.6 is 0 Å². The van der Waals surface area contributed by atoms with Gasteiger partial charge < -0.3 is 19.5 Å². The summed E-state index contributed by atoms with van der Waals surface area (Å²) in [6.07, 6.45) is 1.14. The van der Waals surface area contributed by atoms with E-state index >= 15 is 0 Å². The molecule has 0 aromatic heterocycles. The van der Waals surface area contributed by atoms with Crippen molar-refractivity contribution in [2.75, 3.05) is 25.1 Å². The zero-order chi connectivity index (χ0) is 12.6. The summed E-state index contributed by atoms with van der Waals surface area (Å²) in [6.45, 7) is 6.53. The maximum Gasteiger partial charge on any atom is 0.246 e. The van der Waals surface area contributed by atoms with Gasteiger partial charge in [0.25, 0.3) is 0 Å². The molecule has 1 unspecified atom stereocenters. The lowest BCUT2D eigenvalue weighted by Gasteiger charge is -2.16. The lowest BCUT2D eigenvalue weighted by molar-refractivity contribution is -0.0431. The average Bonchev–Trinajstić information content (AvgIpc) is 2.90. The maximum atomic E-state index is 5.72. The van der Waals surface area contributed by atoms with Crippen molar-refractivity contribution in [2.24, 2.45) is 5.92 Å². The monoisotopic (exact) mass is 249 g/mol. The number of rotatable bonds is 3. The Morgan fingerprint density at radius 1 is 1.28 bits per heavy atom. The second-order valence-corrected chi connectivity index (χ2v) is 5.38. The number of hydrogen-bond donors (Lipinski definition) is 1. The topological polar surface area (TPSA) is 39.7 Å². The van der Waals surface area contributed by atoms with Gasteiger partial charge in [-0.05, 0) is 18.6 Å². The van der Waals surface area contributed by atoms with Crippen LogP contribution in [0, 0.1) is 5.92 Å². The van der Waals surface area contributed by atoms with E-state index in [0.29, 0.717) is 5.92 Å². The molecule has 0 radical (unpaired) electrons. The SMILES string of the molecule is CC1(C)Oc2ccc(NCC3CCOC3)cc2O1. The van der Waals surface area contributed by atoms with E-state index in [4.69, 9.17) is 14.2 Å². The third-order valence-electron chi connectivity index (χ3n) is 3.27. The molecule has 1 aromatic rings. The Kier molecular flexibility index (Phi) is 2.82. The second kappa shape index (κ2) is 4.35. The highest BCUT2D eigenvalue weighted by Crippen LogP contribution is 2.40. The van der Waals surface area contributed by atoms with Crippen LogP contribution in [0.5, 0.6) is 11.5 Å². The number of benzene rings is 1. The maximum absolute atomic E-state index is 5.72. The molecule has 1 saturated heterocycles. The molecule has 1 aromatic carbocycles. The van der Waals surface area contributed by atoms with Gasteiger partial charge >= 0.3 is 0 Å². The van der Waals surface area contributed by atoms with Crippen LogP contribution in [0.3, 0.4) is 0 Å². The molecule has 1 atom stereocenters. The first-order valence-electron chi connectivity index (χ1n) is 6.46. The third kappa shape index (κ3) is 2.38. The summed E-state index contributed by atoms with van der Waals surface area (Å²) in [5.41, 5.74) is 1.07. The van der Waals surface area contributed by atoms with Crippen LogP contribution in [0.1, 0.15) is 20.3 Å². The molecular formula is C14H19NO3. The molecule has 2 heterocycles. The van der Waals surface area contributed by atoms with Crippen molar-refractivity contribution in [2.45, 2.75) is 26.1 Å². The van der Waals surface area contributed by atoms with E-state index in [0.717, 1.165) is 43.4 Å². The largest absolute Gasteiger partial charge is 0.449 e. The van der Waals surface area contributed by atoms with Crippen molar-refractivity contribution in [1.82, 2.24) is 0 Å². The summed E-state index contributed by atoms with van der Waals surface area (Å²) in [5, 5.41) is 3.43. The predicted octanol–water partition coefficient (Wildman–Crippen LogP) is 2.64. The molecular weight excluding hydrogens is 230 g/mol. The minimum Gasteiger partial charge on any atom is -0.449 e. The molecule has 0 saturated carbocycles. The Morgan fingerprint density at radius 3 is 2.89 bits per heavy atom. The van der Waals surface area contributed by atoms with Crippen molar-refractivity contribution >= 4 is 5.69 Å². The minimum atomic E-state index is -0.555. The first-order chi connectivity index (χ1) is 8.62. The molecule has 1 N–H and O–H groups in total. The van der Waals surface area contributed by atoms with Crippen molar-refractivity contribution in [3.63, 3.8) is 0 Å². The van der Waals surface area contributed by atoms with Gasteiger partial charge in [0.2, 0.25) is 5.79 Å². The van der Waals surface area contributed by atoms with Crippen LogP contribution < -0.4 is 14.8 Å². The Hall–Kier alpha value is -1.42. The zero-order valence-corrected chi connectivity index (χ0v) is 10.9. The Labute approximate surface area is 107 Å². The molecule has 2 aliphatic heterocycles. The number of anilines is 1. The summed E-state index contributed by atoms with van der Waals surface area (Å²) in [6, 6.07) is 5.98. The molecule has 0 spiro atoms. The lowest BCUT2D eigenvalue weighted by atomic mass is 10.1. The van der Waals surface area contributed by atoms with Gasteiger partial charge in [0, 0.05) is 44.7 Å². The highest BCUT2D eigenvalue weighted by molar-refractivity contribution is 5.56. The fourth-order valence-corrected chi connectivity index (χ4v) is 2.34. The molecule has 1 fully saturated rings. The quantitative estimate of drug-likeness (QED) is 0.894. The van der Waals surface area contributed by atoms with Crippen LogP contribution in [0.15, 0.2) is 18.2 Å². The van der Waals surface area contributed by atoms with Crippen LogP contribution in [-0.2, 0) is 4.74 Å². The smallest absolute Gasteiger partial charge is 0.246 e. The molecule has 0 aliphatic carbocycles. The summed E-state index contributed by atoms with van der Waals surface area (Å²) >= 11 is 0. The average molecular weight is 249 g/mol. The van der Waals surface area contributed by atoms with E-state index in [9.17, 15) is 0 Å². The Balaban J connectivity index is 1.64. The van der Waals surface area contributed by atoms with E-state index < -0.39 is 5.79 Å². The van der Waals surface area contributed by atoms with Crippen LogP contribution in [-0.4, -0.2) is 25.5 Å².